The van der Waals surface area contributed by atoms with Crippen molar-refractivity contribution in [3.8, 4) is 16.9 Å². The number of hydrogen-bond donors (Lipinski definition) is 1. The van der Waals surface area contributed by atoms with E-state index < -0.39 is 0 Å². The summed E-state index contributed by atoms with van der Waals surface area (Å²) in [4.78, 5) is 13.8. The first kappa shape index (κ1) is 11.4. The Bertz CT molecular complexity index is 578. The van der Waals surface area contributed by atoms with E-state index in [1.807, 2.05) is 6.92 Å². The van der Waals surface area contributed by atoms with Crippen molar-refractivity contribution in [2.45, 2.75) is 6.92 Å². The Morgan fingerprint density at radius 3 is 2.88 bits per heavy atom. The third-order valence-corrected chi connectivity index (χ3v) is 2.32. The molecule has 0 aliphatic carbocycles. The fraction of sp³-hybridized carbons (Fsp3) is 0.154. The molecule has 0 fully saturated rings. The maximum Gasteiger partial charge on any atom is 0.251 e. The van der Waals surface area contributed by atoms with Gasteiger partial charge in [0.15, 0.2) is 0 Å². The van der Waals surface area contributed by atoms with Crippen molar-refractivity contribution in [2.24, 2.45) is 0 Å². The molecule has 17 heavy (non-hydrogen) atoms. The molecular formula is C13H12FNO2. The summed E-state index contributed by atoms with van der Waals surface area (Å²) >= 11 is 0. The predicted molar refractivity (Wildman–Crippen MR) is 63.6 cm³/mol. The maximum absolute atomic E-state index is 13.1. The van der Waals surface area contributed by atoms with Gasteiger partial charge in [-0.2, -0.15) is 0 Å². The lowest BCUT2D eigenvalue weighted by molar-refractivity contribution is 0.341. The Hall–Kier alpha value is -2.10. The number of halogens is 1. The minimum absolute atomic E-state index is 0.242. The van der Waals surface area contributed by atoms with Crippen LogP contribution in [0.25, 0.3) is 11.1 Å². The zero-order valence-corrected chi connectivity index (χ0v) is 9.37. The number of benzene rings is 1. The van der Waals surface area contributed by atoms with E-state index in [4.69, 9.17) is 4.74 Å². The summed E-state index contributed by atoms with van der Waals surface area (Å²) in [5, 5.41) is 0. The fourth-order valence-corrected chi connectivity index (χ4v) is 1.61. The molecule has 0 aliphatic heterocycles. The molecule has 3 nitrogen and oxygen atoms in total. The third kappa shape index (κ3) is 2.53. The summed E-state index contributed by atoms with van der Waals surface area (Å²) in [6.45, 7) is 2.28. The maximum atomic E-state index is 13.1. The van der Waals surface area contributed by atoms with Crippen LogP contribution in [0.15, 0.2) is 41.3 Å². The van der Waals surface area contributed by atoms with Gasteiger partial charge in [-0.3, -0.25) is 4.79 Å². The Morgan fingerprint density at radius 2 is 2.18 bits per heavy atom. The van der Waals surface area contributed by atoms with Crippen molar-refractivity contribution in [1.29, 1.82) is 0 Å². The molecule has 0 bridgehead atoms. The van der Waals surface area contributed by atoms with Crippen LogP contribution in [0.4, 0.5) is 4.39 Å². The normalized spacial score (nSPS) is 10.2. The summed E-state index contributed by atoms with van der Waals surface area (Å²) in [5.74, 6) is 0.137. The van der Waals surface area contributed by atoms with Crippen molar-refractivity contribution in [2.75, 3.05) is 6.61 Å². The van der Waals surface area contributed by atoms with E-state index in [0.717, 1.165) is 0 Å². The van der Waals surface area contributed by atoms with Gasteiger partial charge in [0, 0.05) is 17.8 Å². The van der Waals surface area contributed by atoms with Crippen LogP contribution < -0.4 is 10.3 Å². The third-order valence-electron chi connectivity index (χ3n) is 2.32. The minimum atomic E-state index is -0.323. The summed E-state index contributed by atoms with van der Waals surface area (Å²) in [6, 6.07) is 7.51. The number of pyridine rings is 1. The second kappa shape index (κ2) is 4.82. The van der Waals surface area contributed by atoms with Crippen molar-refractivity contribution >= 4 is 0 Å². The van der Waals surface area contributed by atoms with Crippen LogP contribution in [0.1, 0.15) is 6.92 Å². The lowest BCUT2D eigenvalue weighted by Gasteiger charge is -2.09. The molecule has 1 aromatic carbocycles. The van der Waals surface area contributed by atoms with E-state index >= 15 is 0 Å². The molecule has 2 rings (SSSR count). The highest BCUT2D eigenvalue weighted by molar-refractivity contribution is 5.69. The highest BCUT2D eigenvalue weighted by Gasteiger charge is 2.07. The van der Waals surface area contributed by atoms with Crippen molar-refractivity contribution in [1.82, 2.24) is 4.98 Å². The van der Waals surface area contributed by atoms with Crippen LogP contribution in [0.5, 0.6) is 5.75 Å². The molecule has 0 spiro atoms. The van der Waals surface area contributed by atoms with E-state index in [9.17, 15) is 9.18 Å². The topological polar surface area (TPSA) is 42.1 Å². The van der Waals surface area contributed by atoms with E-state index in [0.29, 0.717) is 23.5 Å². The minimum Gasteiger partial charge on any atom is -0.493 e. The first-order valence-electron chi connectivity index (χ1n) is 5.32. The molecule has 0 atom stereocenters. The van der Waals surface area contributed by atoms with Gasteiger partial charge in [-0.25, -0.2) is 4.39 Å². The highest BCUT2D eigenvalue weighted by atomic mass is 19.1. The quantitative estimate of drug-likeness (QED) is 0.885. The largest absolute Gasteiger partial charge is 0.493 e. The zero-order chi connectivity index (χ0) is 12.3. The van der Waals surface area contributed by atoms with Gasteiger partial charge < -0.3 is 9.72 Å². The Morgan fingerprint density at radius 1 is 1.35 bits per heavy atom. The number of nitrogens with one attached hydrogen (secondary N) is 1. The SMILES string of the molecule is CCOc1cc(=O)[nH]cc1-c1cccc(F)c1. The highest BCUT2D eigenvalue weighted by Crippen LogP contribution is 2.28. The van der Waals surface area contributed by atoms with Gasteiger partial charge in [0.1, 0.15) is 11.6 Å². The summed E-state index contributed by atoms with van der Waals surface area (Å²) in [6.07, 6.45) is 1.53. The van der Waals surface area contributed by atoms with Crippen LogP contribution >= 0.6 is 0 Å². The first-order valence-corrected chi connectivity index (χ1v) is 5.32. The van der Waals surface area contributed by atoms with Crippen molar-refractivity contribution in [3.63, 3.8) is 0 Å². The van der Waals surface area contributed by atoms with Crippen molar-refractivity contribution in [3.05, 3.63) is 52.7 Å². The molecule has 0 aliphatic rings. The lowest BCUT2D eigenvalue weighted by atomic mass is 10.1. The van der Waals surface area contributed by atoms with E-state index in [2.05, 4.69) is 4.98 Å². The molecule has 1 N–H and O–H groups in total. The number of aromatic nitrogens is 1. The van der Waals surface area contributed by atoms with Crippen LogP contribution in [0, 0.1) is 5.82 Å². The summed E-state index contributed by atoms with van der Waals surface area (Å²) in [7, 11) is 0. The van der Waals surface area contributed by atoms with E-state index in [-0.39, 0.29) is 11.4 Å². The average Bonchev–Trinajstić information content (AvgIpc) is 2.29. The van der Waals surface area contributed by atoms with Gasteiger partial charge in [0.05, 0.1) is 6.61 Å². The summed E-state index contributed by atoms with van der Waals surface area (Å²) < 4.78 is 18.5. The fourth-order valence-electron chi connectivity index (χ4n) is 1.61. The second-order valence-corrected chi connectivity index (χ2v) is 3.52. The monoisotopic (exact) mass is 233 g/mol. The van der Waals surface area contributed by atoms with E-state index in [1.54, 1.807) is 12.1 Å². The molecule has 2 aromatic rings. The molecule has 1 heterocycles. The van der Waals surface area contributed by atoms with E-state index in [1.165, 1.54) is 24.4 Å². The predicted octanol–water partition coefficient (Wildman–Crippen LogP) is 2.58. The van der Waals surface area contributed by atoms with Crippen molar-refractivity contribution < 1.29 is 9.13 Å². The summed E-state index contributed by atoms with van der Waals surface area (Å²) in [5.41, 5.74) is 1.10. The number of rotatable bonds is 3. The van der Waals surface area contributed by atoms with Crippen LogP contribution in [-0.4, -0.2) is 11.6 Å². The molecule has 88 valence electrons. The molecule has 0 amide bonds. The molecule has 0 saturated heterocycles. The van der Waals surface area contributed by atoms with Crippen LogP contribution in [0.2, 0.25) is 0 Å². The van der Waals surface area contributed by atoms with Gasteiger partial charge >= 0.3 is 0 Å². The molecule has 0 saturated carbocycles. The Labute approximate surface area is 97.9 Å². The molecule has 1 aromatic heterocycles. The number of aromatic amines is 1. The number of ether oxygens (including phenoxy) is 1. The van der Waals surface area contributed by atoms with Gasteiger partial charge in [0.25, 0.3) is 5.56 Å². The van der Waals surface area contributed by atoms with Gasteiger partial charge in [-0.15, -0.1) is 0 Å². The number of H-pyrrole nitrogens is 1. The molecule has 0 radical (unpaired) electrons. The van der Waals surface area contributed by atoms with Gasteiger partial charge in [-0.1, -0.05) is 12.1 Å². The Kier molecular flexibility index (Phi) is 3.23. The van der Waals surface area contributed by atoms with Crippen LogP contribution in [0.3, 0.4) is 0 Å². The Balaban J connectivity index is 2.54. The molecule has 4 heteroatoms. The van der Waals surface area contributed by atoms with Crippen LogP contribution in [-0.2, 0) is 0 Å². The van der Waals surface area contributed by atoms with Gasteiger partial charge in [-0.05, 0) is 24.6 Å². The number of hydrogen-bond acceptors (Lipinski definition) is 2. The first-order chi connectivity index (χ1) is 8.20. The molecular weight excluding hydrogens is 221 g/mol. The standard InChI is InChI=1S/C13H12FNO2/c1-2-17-12-7-13(16)15-8-11(12)9-4-3-5-10(14)6-9/h3-8H,2H2,1H3,(H,15,16). The zero-order valence-electron chi connectivity index (χ0n) is 9.37. The van der Waals surface area contributed by atoms with Gasteiger partial charge in [0.2, 0.25) is 0 Å². The second-order valence-electron chi connectivity index (χ2n) is 3.52. The smallest absolute Gasteiger partial charge is 0.251 e. The average molecular weight is 233 g/mol. The lowest BCUT2D eigenvalue weighted by Crippen LogP contribution is -2.06. The molecule has 0 unspecified atom stereocenters.